The molecule has 0 saturated carbocycles. The molecule has 0 aliphatic carbocycles. The van der Waals surface area contributed by atoms with Gasteiger partial charge in [0.2, 0.25) is 0 Å². The van der Waals surface area contributed by atoms with E-state index in [1.165, 1.54) is 5.56 Å². The number of hydrogen-bond donors (Lipinski definition) is 1. The molecule has 1 aromatic heterocycles. The Hall–Kier alpha value is -1.09. The Morgan fingerprint density at radius 2 is 1.95 bits per heavy atom. The van der Waals surface area contributed by atoms with Crippen molar-refractivity contribution >= 4 is 23.2 Å². The third-order valence-corrected chi connectivity index (χ3v) is 3.95. The van der Waals surface area contributed by atoms with Crippen LogP contribution in [0.1, 0.15) is 29.8 Å². The number of halogens is 2. The zero-order chi connectivity index (χ0) is 14.5. The number of likely N-dealkylation sites (N-methyl/N-ethyl adjacent to an activating group) is 1. The molecule has 0 bridgehead atoms. The highest BCUT2D eigenvalue weighted by atomic mass is 35.5. The number of aromatic nitrogens is 1. The van der Waals surface area contributed by atoms with E-state index in [2.05, 4.69) is 23.3 Å². The SMILES string of the molecule is CCNC(Cc1ccc(Cl)c(Cl)c1)c1ccc(C)nc1. The number of hydrogen-bond acceptors (Lipinski definition) is 2. The molecule has 20 heavy (non-hydrogen) atoms. The van der Waals surface area contributed by atoms with Crippen LogP contribution in [0.2, 0.25) is 10.0 Å². The second-order valence-corrected chi connectivity index (χ2v) is 5.61. The summed E-state index contributed by atoms with van der Waals surface area (Å²) in [7, 11) is 0. The Kier molecular flexibility index (Phi) is 5.41. The van der Waals surface area contributed by atoms with Gasteiger partial charge in [-0.25, -0.2) is 0 Å². The largest absolute Gasteiger partial charge is 0.310 e. The molecule has 1 unspecified atom stereocenters. The van der Waals surface area contributed by atoms with Gasteiger partial charge < -0.3 is 5.32 Å². The van der Waals surface area contributed by atoms with Gasteiger partial charge in [-0.1, -0.05) is 42.3 Å². The minimum atomic E-state index is 0.227. The number of aryl methyl sites for hydroxylation is 1. The van der Waals surface area contributed by atoms with Crippen molar-refractivity contribution in [2.45, 2.75) is 26.3 Å². The molecule has 1 atom stereocenters. The van der Waals surface area contributed by atoms with Crippen LogP contribution in [0.15, 0.2) is 36.5 Å². The summed E-state index contributed by atoms with van der Waals surface area (Å²) in [5, 5.41) is 4.67. The second kappa shape index (κ2) is 7.07. The van der Waals surface area contributed by atoms with Gasteiger partial charge in [0.05, 0.1) is 10.0 Å². The van der Waals surface area contributed by atoms with E-state index >= 15 is 0 Å². The van der Waals surface area contributed by atoms with Gasteiger partial charge in [0.25, 0.3) is 0 Å². The van der Waals surface area contributed by atoms with Crippen LogP contribution in [0.25, 0.3) is 0 Å². The molecule has 0 spiro atoms. The Morgan fingerprint density at radius 3 is 2.55 bits per heavy atom. The first-order valence-corrected chi connectivity index (χ1v) is 7.45. The molecule has 1 N–H and O–H groups in total. The fraction of sp³-hybridized carbons (Fsp3) is 0.312. The highest BCUT2D eigenvalue weighted by Gasteiger charge is 2.12. The molecule has 2 aromatic rings. The van der Waals surface area contributed by atoms with Crippen molar-refractivity contribution in [2.75, 3.05) is 6.54 Å². The van der Waals surface area contributed by atoms with Gasteiger partial charge in [0.15, 0.2) is 0 Å². The standard InChI is InChI=1S/C16H18Cl2N2/c1-3-19-16(13-6-4-11(2)20-10-13)9-12-5-7-14(17)15(18)8-12/h4-8,10,16,19H,3,9H2,1-2H3. The first kappa shape index (κ1) is 15.3. The molecule has 2 nitrogen and oxygen atoms in total. The van der Waals surface area contributed by atoms with Crippen LogP contribution in [0.3, 0.4) is 0 Å². The second-order valence-electron chi connectivity index (χ2n) is 4.80. The van der Waals surface area contributed by atoms with Gasteiger partial charge in [0, 0.05) is 17.9 Å². The van der Waals surface area contributed by atoms with E-state index < -0.39 is 0 Å². The van der Waals surface area contributed by atoms with E-state index in [0.29, 0.717) is 10.0 Å². The molecule has 1 aromatic carbocycles. The van der Waals surface area contributed by atoms with Crippen LogP contribution in [0.4, 0.5) is 0 Å². The molecule has 0 amide bonds. The summed E-state index contributed by atoms with van der Waals surface area (Å²) in [5.74, 6) is 0. The first-order valence-electron chi connectivity index (χ1n) is 6.70. The van der Waals surface area contributed by atoms with Crippen molar-refractivity contribution < 1.29 is 0 Å². The predicted octanol–water partition coefficient (Wildman–Crippen LogP) is 4.59. The fourth-order valence-corrected chi connectivity index (χ4v) is 2.46. The van der Waals surface area contributed by atoms with Crippen molar-refractivity contribution in [2.24, 2.45) is 0 Å². The molecule has 0 saturated heterocycles. The number of pyridine rings is 1. The van der Waals surface area contributed by atoms with Crippen molar-refractivity contribution in [1.82, 2.24) is 10.3 Å². The van der Waals surface area contributed by atoms with Crippen LogP contribution < -0.4 is 5.32 Å². The smallest absolute Gasteiger partial charge is 0.0595 e. The monoisotopic (exact) mass is 308 g/mol. The van der Waals surface area contributed by atoms with Gasteiger partial charge in [-0.05, 0) is 49.2 Å². The summed E-state index contributed by atoms with van der Waals surface area (Å²) >= 11 is 12.0. The lowest BCUT2D eigenvalue weighted by Crippen LogP contribution is -2.23. The molecule has 4 heteroatoms. The molecule has 0 aliphatic rings. The molecular weight excluding hydrogens is 291 g/mol. The highest BCUT2D eigenvalue weighted by Crippen LogP contribution is 2.25. The normalized spacial score (nSPS) is 12.4. The lowest BCUT2D eigenvalue weighted by atomic mass is 10.00. The average molecular weight is 309 g/mol. The average Bonchev–Trinajstić information content (AvgIpc) is 2.43. The third kappa shape index (κ3) is 3.95. The van der Waals surface area contributed by atoms with E-state index in [1.807, 2.05) is 37.4 Å². The first-order chi connectivity index (χ1) is 9.60. The molecule has 0 radical (unpaired) electrons. The van der Waals surface area contributed by atoms with E-state index in [9.17, 15) is 0 Å². The molecular formula is C16H18Cl2N2. The highest BCUT2D eigenvalue weighted by molar-refractivity contribution is 6.42. The van der Waals surface area contributed by atoms with Gasteiger partial charge in [-0.2, -0.15) is 0 Å². The molecule has 1 heterocycles. The maximum Gasteiger partial charge on any atom is 0.0595 e. The fourth-order valence-electron chi connectivity index (χ4n) is 2.14. The molecule has 2 rings (SSSR count). The Morgan fingerprint density at radius 1 is 1.15 bits per heavy atom. The van der Waals surface area contributed by atoms with E-state index in [-0.39, 0.29) is 6.04 Å². The lowest BCUT2D eigenvalue weighted by molar-refractivity contribution is 0.548. The lowest BCUT2D eigenvalue weighted by Gasteiger charge is -2.18. The summed E-state index contributed by atoms with van der Waals surface area (Å²) in [5.41, 5.74) is 3.37. The van der Waals surface area contributed by atoms with Gasteiger partial charge in [0.1, 0.15) is 0 Å². The summed E-state index contributed by atoms with van der Waals surface area (Å²) in [6.45, 7) is 4.99. The van der Waals surface area contributed by atoms with Gasteiger partial charge >= 0.3 is 0 Å². The maximum absolute atomic E-state index is 6.08. The topological polar surface area (TPSA) is 24.9 Å². The molecule has 0 fully saturated rings. The van der Waals surface area contributed by atoms with Crippen molar-refractivity contribution in [3.63, 3.8) is 0 Å². The van der Waals surface area contributed by atoms with Crippen LogP contribution >= 0.6 is 23.2 Å². The summed E-state index contributed by atoms with van der Waals surface area (Å²) in [6.07, 6.45) is 2.79. The zero-order valence-corrected chi connectivity index (χ0v) is 13.2. The Bertz CT molecular complexity index is 567. The summed E-state index contributed by atoms with van der Waals surface area (Å²) < 4.78 is 0. The van der Waals surface area contributed by atoms with Crippen LogP contribution in [0.5, 0.6) is 0 Å². The predicted molar refractivity (Wildman–Crippen MR) is 85.6 cm³/mol. The quantitative estimate of drug-likeness (QED) is 0.874. The number of nitrogens with zero attached hydrogens (tertiary/aromatic N) is 1. The minimum absolute atomic E-state index is 0.227. The van der Waals surface area contributed by atoms with Crippen LogP contribution in [0, 0.1) is 6.92 Å². The molecule has 0 aliphatic heterocycles. The zero-order valence-electron chi connectivity index (χ0n) is 11.7. The van der Waals surface area contributed by atoms with Crippen molar-refractivity contribution in [3.8, 4) is 0 Å². The van der Waals surface area contributed by atoms with Crippen LogP contribution in [-0.4, -0.2) is 11.5 Å². The summed E-state index contributed by atoms with van der Waals surface area (Å²) in [6, 6.07) is 10.2. The van der Waals surface area contributed by atoms with E-state index in [0.717, 1.165) is 24.2 Å². The third-order valence-electron chi connectivity index (χ3n) is 3.21. The number of rotatable bonds is 5. The van der Waals surface area contributed by atoms with Gasteiger partial charge in [-0.3, -0.25) is 4.98 Å². The maximum atomic E-state index is 6.08. The number of nitrogens with one attached hydrogen (secondary N) is 1. The van der Waals surface area contributed by atoms with Crippen molar-refractivity contribution in [3.05, 3.63) is 63.4 Å². The van der Waals surface area contributed by atoms with Crippen molar-refractivity contribution in [1.29, 1.82) is 0 Å². The summed E-state index contributed by atoms with van der Waals surface area (Å²) in [4.78, 5) is 4.37. The Balaban J connectivity index is 2.20. The number of benzene rings is 1. The molecule has 106 valence electrons. The minimum Gasteiger partial charge on any atom is -0.310 e. The van der Waals surface area contributed by atoms with E-state index in [1.54, 1.807) is 0 Å². The van der Waals surface area contributed by atoms with Gasteiger partial charge in [-0.15, -0.1) is 0 Å². The van der Waals surface area contributed by atoms with E-state index in [4.69, 9.17) is 23.2 Å². The van der Waals surface area contributed by atoms with Crippen LogP contribution in [-0.2, 0) is 6.42 Å². The Labute approximate surface area is 130 Å².